The van der Waals surface area contributed by atoms with Gasteiger partial charge in [0.05, 0.1) is 16.4 Å². The third-order valence-corrected chi connectivity index (χ3v) is 5.46. The third-order valence-electron chi connectivity index (χ3n) is 3.79. The Labute approximate surface area is 159 Å². The number of aromatic nitrogens is 3. The van der Waals surface area contributed by atoms with E-state index in [1.807, 2.05) is 13.0 Å². The summed E-state index contributed by atoms with van der Waals surface area (Å²) in [6, 6.07) is 9.98. The molecular weight excluding hydrogens is 395 g/mol. The highest BCUT2D eigenvalue weighted by Crippen LogP contribution is 2.23. The molecule has 0 saturated heterocycles. The van der Waals surface area contributed by atoms with Crippen LogP contribution in [0, 0.1) is 19.7 Å². The van der Waals surface area contributed by atoms with Crippen molar-refractivity contribution in [2.24, 2.45) is 0 Å². The minimum absolute atomic E-state index is 0.216. The first-order chi connectivity index (χ1) is 12.7. The molecule has 0 radical (unpaired) electrons. The van der Waals surface area contributed by atoms with Gasteiger partial charge in [-0.2, -0.15) is 0 Å². The summed E-state index contributed by atoms with van der Waals surface area (Å²) in [7, 11) is -4.40. The quantitative estimate of drug-likeness (QED) is 0.716. The smallest absolute Gasteiger partial charge is 0.266 e. The van der Waals surface area contributed by atoms with E-state index in [1.54, 1.807) is 23.8 Å². The average Bonchev–Trinajstić information content (AvgIpc) is 2.96. The highest BCUT2D eigenvalue weighted by molar-refractivity contribution is 7.90. The Kier molecular flexibility index (Phi) is 4.99. The molecule has 0 saturated carbocycles. The van der Waals surface area contributed by atoms with Crippen LogP contribution in [0.15, 0.2) is 47.4 Å². The zero-order valence-electron chi connectivity index (χ0n) is 14.3. The van der Waals surface area contributed by atoms with E-state index >= 15 is 0 Å². The molecule has 7 nitrogen and oxygen atoms in total. The molecule has 0 aliphatic carbocycles. The van der Waals surface area contributed by atoms with E-state index in [4.69, 9.17) is 11.6 Å². The van der Waals surface area contributed by atoms with Gasteiger partial charge in [0.1, 0.15) is 10.7 Å². The first-order valence-electron chi connectivity index (χ1n) is 7.71. The zero-order chi connectivity index (χ0) is 19.8. The molecule has 0 unspecified atom stereocenters. The molecule has 0 aliphatic rings. The second-order valence-corrected chi connectivity index (χ2v) is 7.81. The summed E-state index contributed by atoms with van der Waals surface area (Å²) in [5.41, 5.74) is 1.49. The summed E-state index contributed by atoms with van der Waals surface area (Å²) in [6.07, 6.45) is 0. The molecule has 3 aromatic rings. The monoisotopic (exact) mass is 408 g/mol. The van der Waals surface area contributed by atoms with E-state index in [0.29, 0.717) is 10.7 Å². The number of rotatable bonds is 4. The molecule has 10 heteroatoms. The van der Waals surface area contributed by atoms with E-state index < -0.39 is 26.6 Å². The molecular formula is C17H14ClFN4O3S. The van der Waals surface area contributed by atoms with Crippen molar-refractivity contribution in [3.63, 3.8) is 0 Å². The van der Waals surface area contributed by atoms with E-state index in [0.717, 1.165) is 17.7 Å². The van der Waals surface area contributed by atoms with Gasteiger partial charge in [-0.15, -0.1) is 5.10 Å². The van der Waals surface area contributed by atoms with Crippen LogP contribution in [0.5, 0.6) is 0 Å². The maximum Gasteiger partial charge on any atom is 0.287 e. The van der Waals surface area contributed by atoms with Gasteiger partial charge in [0.15, 0.2) is 5.69 Å². The normalized spacial score (nSPS) is 11.4. The van der Waals surface area contributed by atoms with Gasteiger partial charge >= 0.3 is 0 Å². The predicted octanol–water partition coefficient (Wildman–Crippen LogP) is 2.80. The minimum atomic E-state index is -4.40. The van der Waals surface area contributed by atoms with E-state index in [1.165, 1.54) is 16.8 Å². The average molecular weight is 409 g/mol. The van der Waals surface area contributed by atoms with Crippen molar-refractivity contribution >= 4 is 27.5 Å². The van der Waals surface area contributed by atoms with Gasteiger partial charge in [-0.25, -0.2) is 22.2 Å². The van der Waals surface area contributed by atoms with Crippen LogP contribution in [0.25, 0.3) is 5.69 Å². The maximum atomic E-state index is 13.7. The summed E-state index contributed by atoms with van der Waals surface area (Å²) >= 11 is 6.20. The molecule has 1 amide bonds. The summed E-state index contributed by atoms with van der Waals surface area (Å²) in [5.74, 6) is -1.99. The van der Waals surface area contributed by atoms with Crippen LogP contribution < -0.4 is 4.72 Å². The number of halogens is 2. The SMILES string of the molecule is Cc1ccc(-n2nnc(C(=O)NS(=O)(=O)c3ccccc3F)c2C)c(Cl)c1. The molecule has 140 valence electrons. The Morgan fingerprint density at radius 3 is 2.56 bits per heavy atom. The van der Waals surface area contributed by atoms with Crippen molar-refractivity contribution < 1.29 is 17.6 Å². The summed E-state index contributed by atoms with van der Waals surface area (Å²) in [6.45, 7) is 3.41. The molecule has 0 atom stereocenters. The molecule has 2 aromatic carbocycles. The van der Waals surface area contributed by atoms with E-state index in [-0.39, 0.29) is 11.4 Å². The van der Waals surface area contributed by atoms with Gasteiger partial charge in [-0.05, 0) is 43.7 Å². The molecule has 1 aromatic heterocycles. The van der Waals surface area contributed by atoms with Gasteiger partial charge in [0, 0.05) is 0 Å². The molecule has 27 heavy (non-hydrogen) atoms. The van der Waals surface area contributed by atoms with E-state index in [9.17, 15) is 17.6 Å². The van der Waals surface area contributed by atoms with Gasteiger partial charge in [0.2, 0.25) is 0 Å². The van der Waals surface area contributed by atoms with Crippen LogP contribution in [-0.4, -0.2) is 29.3 Å². The molecule has 0 bridgehead atoms. The predicted molar refractivity (Wildman–Crippen MR) is 96.9 cm³/mol. The lowest BCUT2D eigenvalue weighted by atomic mass is 10.2. The number of carbonyl (C=O) groups is 1. The summed E-state index contributed by atoms with van der Waals surface area (Å²) in [4.78, 5) is 11.8. The first-order valence-corrected chi connectivity index (χ1v) is 9.57. The lowest BCUT2D eigenvalue weighted by Crippen LogP contribution is -2.32. The van der Waals surface area contributed by atoms with Crippen LogP contribution >= 0.6 is 11.6 Å². The van der Waals surface area contributed by atoms with Crippen molar-refractivity contribution in [2.75, 3.05) is 0 Å². The highest BCUT2D eigenvalue weighted by atomic mass is 35.5. The number of nitrogens with one attached hydrogen (secondary N) is 1. The third kappa shape index (κ3) is 3.69. The van der Waals surface area contributed by atoms with Crippen molar-refractivity contribution in [3.05, 3.63) is 70.3 Å². The standard InChI is InChI=1S/C17H14ClFN4O3S/c1-10-7-8-14(12(18)9-10)23-11(2)16(20-22-23)17(24)21-27(25,26)15-6-4-3-5-13(15)19/h3-9H,1-2H3,(H,21,24). The summed E-state index contributed by atoms with van der Waals surface area (Å²) in [5, 5.41) is 8.01. The minimum Gasteiger partial charge on any atom is -0.266 e. The maximum absolute atomic E-state index is 13.7. The van der Waals surface area contributed by atoms with Crippen molar-refractivity contribution in [3.8, 4) is 5.69 Å². The van der Waals surface area contributed by atoms with Crippen LogP contribution in [0.2, 0.25) is 5.02 Å². The number of carbonyl (C=O) groups excluding carboxylic acids is 1. The number of nitrogens with zero attached hydrogens (tertiary/aromatic N) is 3. The fraction of sp³-hybridized carbons (Fsp3) is 0.118. The molecule has 0 spiro atoms. The number of aryl methyl sites for hydroxylation is 1. The molecule has 0 fully saturated rings. The second-order valence-electron chi connectivity index (χ2n) is 5.76. The molecule has 3 rings (SSSR count). The van der Waals surface area contributed by atoms with Crippen LogP contribution in [0.4, 0.5) is 4.39 Å². The fourth-order valence-electron chi connectivity index (χ4n) is 2.44. The molecule has 1 heterocycles. The number of sulfonamides is 1. The van der Waals surface area contributed by atoms with Gasteiger partial charge in [0.25, 0.3) is 15.9 Å². The lowest BCUT2D eigenvalue weighted by Gasteiger charge is -2.08. The van der Waals surface area contributed by atoms with Crippen LogP contribution in [0.1, 0.15) is 21.7 Å². The van der Waals surface area contributed by atoms with Crippen LogP contribution in [0.3, 0.4) is 0 Å². The largest absolute Gasteiger partial charge is 0.287 e. The number of hydrogen-bond acceptors (Lipinski definition) is 5. The molecule has 1 N–H and O–H groups in total. The van der Waals surface area contributed by atoms with Crippen molar-refractivity contribution in [1.82, 2.24) is 19.7 Å². The zero-order valence-corrected chi connectivity index (χ0v) is 15.8. The number of hydrogen-bond donors (Lipinski definition) is 1. The topological polar surface area (TPSA) is 93.9 Å². The summed E-state index contributed by atoms with van der Waals surface area (Å²) < 4.78 is 41.4. The Hall–Kier alpha value is -2.78. The fourth-order valence-corrected chi connectivity index (χ4v) is 3.79. The number of amides is 1. The number of benzene rings is 2. The Morgan fingerprint density at radius 2 is 1.89 bits per heavy atom. The van der Waals surface area contributed by atoms with Crippen molar-refractivity contribution in [1.29, 1.82) is 0 Å². The Morgan fingerprint density at radius 1 is 1.19 bits per heavy atom. The highest BCUT2D eigenvalue weighted by Gasteiger charge is 2.26. The molecule has 0 aliphatic heterocycles. The lowest BCUT2D eigenvalue weighted by molar-refractivity contribution is 0.0976. The van der Waals surface area contributed by atoms with Gasteiger partial charge in [-0.3, -0.25) is 4.79 Å². The van der Waals surface area contributed by atoms with Crippen molar-refractivity contribution in [2.45, 2.75) is 18.7 Å². The van der Waals surface area contributed by atoms with Gasteiger partial charge in [-0.1, -0.05) is 35.0 Å². The van der Waals surface area contributed by atoms with E-state index in [2.05, 4.69) is 10.3 Å². The van der Waals surface area contributed by atoms with Gasteiger partial charge < -0.3 is 0 Å². The first kappa shape index (κ1) is 19.0. The van der Waals surface area contributed by atoms with Crippen LogP contribution in [-0.2, 0) is 10.0 Å². The Balaban J connectivity index is 1.93. The Bertz CT molecular complexity index is 1140. The second kappa shape index (κ2) is 7.09.